The van der Waals surface area contributed by atoms with Gasteiger partial charge in [0.1, 0.15) is 0 Å². The van der Waals surface area contributed by atoms with Gasteiger partial charge in [0.15, 0.2) is 0 Å². The predicted octanol–water partition coefficient (Wildman–Crippen LogP) is 3.92. The van der Waals surface area contributed by atoms with Crippen molar-refractivity contribution in [2.45, 2.75) is 45.6 Å². The molecule has 0 spiro atoms. The summed E-state index contributed by atoms with van der Waals surface area (Å²) in [5.74, 6) is 1.35. The third-order valence-electron chi connectivity index (χ3n) is 3.72. The number of aryl methyl sites for hydroxylation is 1. The Kier molecular flexibility index (Phi) is 3.47. The zero-order valence-corrected chi connectivity index (χ0v) is 10.4. The molecule has 1 fully saturated rings. The number of aliphatic hydroxyl groups is 1. The van der Waals surface area contributed by atoms with Gasteiger partial charge in [0, 0.05) is 0 Å². The van der Waals surface area contributed by atoms with Crippen molar-refractivity contribution in [3.8, 4) is 0 Å². The summed E-state index contributed by atoms with van der Waals surface area (Å²) in [5, 5.41) is 14.5. The maximum absolute atomic E-state index is 10.3. The molecule has 2 rings (SSSR count). The van der Waals surface area contributed by atoms with E-state index in [0.29, 0.717) is 5.92 Å². The minimum absolute atomic E-state index is 0.219. The van der Waals surface area contributed by atoms with Crippen LogP contribution in [-0.4, -0.2) is 5.11 Å². The monoisotopic (exact) mass is 224 g/mol. The topological polar surface area (TPSA) is 20.2 Å². The standard InChI is InChI=1S/C13H20OS/c1-9-3-5-11(6-4-9)13(14)12-8-15-7-10(12)2/h7-9,11,13-14H,3-6H2,1-2H3. The summed E-state index contributed by atoms with van der Waals surface area (Å²) in [6, 6.07) is 0. The van der Waals surface area contributed by atoms with Crippen LogP contribution in [0.5, 0.6) is 0 Å². The van der Waals surface area contributed by atoms with Crippen LogP contribution in [0.25, 0.3) is 0 Å². The van der Waals surface area contributed by atoms with Crippen molar-refractivity contribution >= 4 is 11.3 Å². The summed E-state index contributed by atoms with van der Waals surface area (Å²) in [6.45, 7) is 4.42. The first-order valence-electron chi connectivity index (χ1n) is 5.89. The van der Waals surface area contributed by atoms with Crippen LogP contribution in [0.15, 0.2) is 10.8 Å². The van der Waals surface area contributed by atoms with E-state index >= 15 is 0 Å². The molecule has 1 nitrogen and oxygen atoms in total. The van der Waals surface area contributed by atoms with Gasteiger partial charge in [-0.15, -0.1) is 0 Å². The molecule has 1 saturated carbocycles. The van der Waals surface area contributed by atoms with Crippen molar-refractivity contribution < 1.29 is 5.11 Å². The van der Waals surface area contributed by atoms with Gasteiger partial charge in [-0.05, 0) is 53.5 Å². The average Bonchev–Trinajstić information content (AvgIpc) is 2.65. The molecule has 1 aliphatic rings. The summed E-state index contributed by atoms with van der Waals surface area (Å²) in [5.41, 5.74) is 2.42. The largest absolute Gasteiger partial charge is 0.388 e. The van der Waals surface area contributed by atoms with Crippen molar-refractivity contribution in [2.75, 3.05) is 0 Å². The van der Waals surface area contributed by atoms with E-state index in [1.807, 2.05) is 0 Å². The highest BCUT2D eigenvalue weighted by molar-refractivity contribution is 7.08. The lowest BCUT2D eigenvalue weighted by molar-refractivity contribution is 0.0754. The third-order valence-corrected chi connectivity index (χ3v) is 4.60. The highest BCUT2D eigenvalue weighted by Crippen LogP contribution is 2.38. The van der Waals surface area contributed by atoms with E-state index in [4.69, 9.17) is 0 Å². The summed E-state index contributed by atoms with van der Waals surface area (Å²) >= 11 is 1.70. The second kappa shape index (κ2) is 4.67. The van der Waals surface area contributed by atoms with Crippen molar-refractivity contribution in [3.63, 3.8) is 0 Å². The van der Waals surface area contributed by atoms with Gasteiger partial charge < -0.3 is 5.11 Å². The quantitative estimate of drug-likeness (QED) is 0.807. The van der Waals surface area contributed by atoms with Gasteiger partial charge in [-0.25, -0.2) is 0 Å². The first-order chi connectivity index (χ1) is 7.18. The van der Waals surface area contributed by atoms with Gasteiger partial charge in [0.2, 0.25) is 0 Å². The van der Waals surface area contributed by atoms with E-state index < -0.39 is 0 Å². The second-order valence-corrected chi connectivity index (χ2v) is 5.72. The van der Waals surface area contributed by atoms with E-state index in [0.717, 1.165) is 5.92 Å². The zero-order chi connectivity index (χ0) is 10.8. The maximum Gasteiger partial charge on any atom is 0.0828 e. The Morgan fingerprint density at radius 1 is 1.27 bits per heavy atom. The lowest BCUT2D eigenvalue weighted by atomic mass is 9.78. The van der Waals surface area contributed by atoms with Gasteiger partial charge >= 0.3 is 0 Å². The van der Waals surface area contributed by atoms with E-state index in [1.165, 1.54) is 36.8 Å². The maximum atomic E-state index is 10.3. The molecule has 0 saturated heterocycles. The second-order valence-electron chi connectivity index (χ2n) is 4.97. The molecule has 1 N–H and O–H groups in total. The molecule has 0 radical (unpaired) electrons. The lowest BCUT2D eigenvalue weighted by Gasteiger charge is -2.30. The van der Waals surface area contributed by atoms with Gasteiger partial charge in [-0.1, -0.05) is 19.8 Å². The summed E-state index contributed by atoms with van der Waals surface area (Å²) in [4.78, 5) is 0. The first-order valence-corrected chi connectivity index (χ1v) is 6.83. The van der Waals surface area contributed by atoms with Gasteiger partial charge in [0.05, 0.1) is 6.10 Å². The van der Waals surface area contributed by atoms with Crippen LogP contribution in [0.4, 0.5) is 0 Å². The molecule has 84 valence electrons. The molecule has 1 atom stereocenters. The number of hydrogen-bond acceptors (Lipinski definition) is 2. The Morgan fingerprint density at radius 2 is 1.93 bits per heavy atom. The van der Waals surface area contributed by atoms with Crippen molar-refractivity contribution in [2.24, 2.45) is 11.8 Å². The number of thiophene rings is 1. The fraction of sp³-hybridized carbons (Fsp3) is 0.692. The molecule has 1 heterocycles. The minimum Gasteiger partial charge on any atom is -0.388 e. The van der Waals surface area contributed by atoms with Crippen LogP contribution in [0, 0.1) is 18.8 Å². The summed E-state index contributed by atoms with van der Waals surface area (Å²) < 4.78 is 0. The molecule has 0 bridgehead atoms. The lowest BCUT2D eigenvalue weighted by Crippen LogP contribution is -2.19. The highest BCUT2D eigenvalue weighted by atomic mass is 32.1. The smallest absolute Gasteiger partial charge is 0.0828 e. The molecule has 1 unspecified atom stereocenters. The zero-order valence-electron chi connectivity index (χ0n) is 9.57. The molecule has 0 amide bonds. The Morgan fingerprint density at radius 3 is 2.47 bits per heavy atom. The van der Waals surface area contributed by atoms with Crippen LogP contribution in [0.1, 0.15) is 49.8 Å². The van der Waals surface area contributed by atoms with Crippen LogP contribution in [0.2, 0.25) is 0 Å². The number of aliphatic hydroxyl groups excluding tert-OH is 1. The van der Waals surface area contributed by atoms with E-state index in [-0.39, 0.29) is 6.10 Å². The SMILES string of the molecule is Cc1cscc1C(O)C1CCC(C)CC1. The Bertz CT molecular complexity index is 310. The molecule has 1 aliphatic carbocycles. The van der Waals surface area contributed by atoms with Crippen molar-refractivity contribution in [1.82, 2.24) is 0 Å². The molecule has 1 aromatic rings. The van der Waals surface area contributed by atoms with Crippen molar-refractivity contribution in [1.29, 1.82) is 0 Å². The van der Waals surface area contributed by atoms with Crippen LogP contribution >= 0.6 is 11.3 Å². The molecular weight excluding hydrogens is 204 g/mol. The average molecular weight is 224 g/mol. The highest BCUT2D eigenvalue weighted by Gasteiger charge is 2.26. The minimum atomic E-state index is -0.219. The summed E-state index contributed by atoms with van der Waals surface area (Å²) in [6.07, 6.45) is 4.73. The molecule has 0 aromatic carbocycles. The molecule has 15 heavy (non-hydrogen) atoms. The summed E-state index contributed by atoms with van der Waals surface area (Å²) in [7, 11) is 0. The first kappa shape index (κ1) is 11.2. The molecule has 2 heteroatoms. The molecule has 0 aliphatic heterocycles. The Labute approximate surface area is 96.1 Å². The number of hydrogen-bond donors (Lipinski definition) is 1. The normalized spacial score (nSPS) is 29.0. The molecule has 1 aromatic heterocycles. The van der Waals surface area contributed by atoms with Gasteiger partial charge in [-0.3, -0.25) is 0 Å². The van der Waals surface area contributed by atoms with Crippen molar-refractivity contribution in [3.05, 3.63) is 21.9 Å². The van der Waals surface area contributed by atoms with Crippen LogP contribution in [-0.2, 0) is 0 Å². The third kappa shape index (κ3) is 2.43. The number of rotatable bonds is 2. The van der Waals surface area contributed by atoms with E-state index in [2.05, 4.69) is 24.6 Å². The van der Waals surface area contributed by atoms with Crippen LogP contribution < -0.4 is 0 Å². The fourth-order valence-electron chi connectivity index (χ4n) is 2.53. The Balaban J connectivity index is 2.02. The van der Waals surface area contributed by atoms with Gasteiger partial charge in [0.25, 0.3) is 0 Å². The van der Waals surface area contributed by atoms with E-state index in [1.54, 1.807) is 11.3 Å². The van der Waals surface area contributed by atoms with E-state index in [9.17, 15) is 5.11 Å². The Hall–Kier alpha value is -0.340. The predicted molar refractivity (Wildman–Crippen MR) is 65.1 cm³/mol. The van der Waals surface area contributed by atoms with Crippen LogP contribution in [0.3, 0.4) is 0 Å². The van der Waals surface area contributed by atoms with Gasteiger partial charge in [-0.2, -0.15) is 11.3 Å². The fourth-order valence-corrected chi connectivity index (χ4v) is 3.41. The molecular formula is C13H20OS.